The van der Waals surface area contributed by atoms with E-state index in [2.05, 4.69) is 38.6 Å². The van der Waals surface area contributed by atoms with Crippen molar-refractivity contribution in [2.45, 2.75) is 33.2 Å². The highest BCUT2D eigenvalue weighted by molar-refractivity contribution is 5.32. The lowest BCUT2D eigenvalue weighted by atomic mass is 10.2. The van der Waals surface area contributed by atoms with E-state index in [-0.39, 0.29) is 0 Å². The van der Waals surface area contributed by atoms with Crippen LogP contribution in [0, 0.1) is 0 Å². The summed E-state index contributed by atoms with van der Waals surface area (Å²) in [7, 11) is 0. The zero-order valence-electron chi connectivity index (χ0n) is 14.6. The second-order valence-electron chi connectivity index (χ2n) is 6.20. The van der Waals surface area contributed by atoms with Crippen molar-refractivity contribution >= 4 is 5.95 Å². The van der Waals surface area contributed by atoms with E-state index in [0.717, 1.165) is 50.3 Å². The molecule has 1 aliphatic heterocycles. The number of anilines is 1. The number of aromatic nitrogens is 3. The lowest BCUT2D eigenvalue weighted by Gasteiger charge is -2.34. The standard InChI is InChI=1S/C17H25N5O2/c1-4-23-15-5-6-18-17(20-15)22-9-7-21(8-10-22)12-16-19-11-14(24-16)13(2)3/h5-6,11,13H,4,7-10,12H2,1-3H3. The van der Waals surface area contributed by atoms with Gasteiger partial charge in [-0.3, -0.25) is 4.90 Å². The minimum absolute atomic E-state index is 0.373. The summed E-state index contributed by atoms with van der Waals surface area (Å²) >= 11 is 0. The van der Waals surface area contributed by atoms with Gasteiger partial charge in [0.05, 0.1) is 19.3 Å². The van der Waals surface area contributed by atoms with Gasteiger partial charge in [0.15, 0.2) is 0 Å². The third kappa shape index (κ3) is 4.03. The molecule has 3 heterocycles. The number of hydrogen-bond acceptors (Lipinski definition) is 7. The van der Waals surface area contributed by atoms with Gasteiger partial charge in [-0.2, -0.15) is 4.98 Å². The van der Waals surface area contributed by atoms with Crippen molar-refractivity contribution in [3.63, 3.8) is 0 Å². The lowest BCUT2D eigenvalue weighted by Crippen LogP contribution is -2.46. The van der Waals surface area contributed by atoms with Gasteiger partial charge in [0, 0.05) is 44.4 Å². The average molecular weight is 331 g/mol. The van der Waals surface area contributed by atoms with Crippen molar-refractivity contribution in [1.82, 2.24) is 19.9 Å². The van der Waals surface area contributed by atoms with E-state index in [4.69, 9.17) is 9.15 Å². The van der Waals surface area contributed by atoms with Gasteiger partial charge < -0.3 is 14.1 Å². The Balaban J connectivity index is 1.54. The minimum Gasteiger partial charge on any atom is -0.478 e. The van der Waals surface area contributed by atoms with Gasteiger partial charge in [-0.15, -0.1) is 0 Å². The normalized spacial score (nSPS) is 15.9. The molecule has 1 saturated heterocycles. The van der Waals surface area contributed by atoms with Crippen LogP contribution in [0.15, 0.2) is 22.9 Å². The van der Waals surface area contributed by atoms with Crippen LogP contribution in [0.25, 0.3) is 0 Å². The first-order valence-corrected chi connectivity index (χ1v) is 8.53. The maximum Gasteiger partial charge on any atom is 0.228 e. The van der Waals surface area contributed by atoms with Crippen LogP contribution in [0.5, 0.6) is 5.88 Å². The van der Waals surface area contributed by atoms with Crippen molar-refractivity contribution in [2.24, 2.45) is 0 Å². The van der Waals surface area contributed by atoms with Crippen LogP contribution in [0.1, 0.15) is 38.3 Å². The largest absolute Gasteiger partial charge is 0.478 e. The molecule has 0 aliphatic carbocycles. The Kier molecular flexibility index (Phi) is 5.30. The molecule has 0 unspecified atom stereocenters. The molecule has 7 nitrogen and oxygen atoms in total. The summed E-state index contributed by atoms with van der Waals surface area (Å²) in [5.41, 5.74) is 0. The summed E-state index contributed by atoms with van der Waals surface area (Å²) in [4.78, 5) is 17.7. The van der Waals surface area contributed by atoms with Crippen molar-refractivity contribution < 1.29 is 9.15 Å². The SMILES string of the molecule is CCOc1ccnc(N2CCN(Cc3ncc(C(C)C)o3)CC2)n1. The molecule has 2 aromatic heterocycles. The monoisotopic (exact) mass is 331 g/mol. The first-order valence-electron chi connectivity index (χ1n) is 8.53. The molecule has 3 rings (SSSR count). The first kappa shape index (κ1) is 16.7. The molecule has 130 valence electrons. The highest BCUT2D eigenvalue weighted by atomic mass is 16.5. The molecular weight excluding hydrogens is 306 g/mol. The Labute approximate surface area is 142 Å². The molecule has 0 aromatic carbocycles. The van der Waals surface area contributed by atoms with E-state index in [9.17, 15) is 0 Å². The van der Waals surface area contributed by atoms with Gasteiger partial charge in [-0.05, 0) is 6.92 Å². The number of piperazine rings is 1. The zero-order chi connectivity index (χ0) is 16.9. The Hall–Kier alpha value is -2.15. The predicted molar refractivity (Wildman–Crippen MR) is 91.3 cm³/mol. The number of ether oxygens (including phenoxy) is 1. The van der Waals surface area contributed by atoms with E-state index >= 15 is 0 Å². The van der Waals surface area contributed by atoms with Crippen LogP contribution in [-0.4, -0.2) is 52.6 Å². The fraction of sp³-hybridized carbons (Fsp3) is 0.588. The smallest absolute Gasteiger partial charge is 0.228 e. The summed E-state index contributed by atoms with van der Waals surface area (Å²) in [6.45, 7) is 11.2. The van der Waals surface area contributed by atoms with Crippen LogP contribution in [-0.2, 0) is 6.54 Å². The van der Waals surface area contributed by atoms with E-state index in [1.54, 1.807) is 12.3 Å². The second kappa shape index (κ2) is 7.61. The Morgan fingerprint density at radius 2 is 2.00 bits per heavy atom. The van der Waals surface area contributed by atoms with Gasteiger partial charge in [0.1, 0.15) is 5.76 Å². The van der Waals surface area contributed by atoms with Crippen LogP contribution < -0.4 is 9.64 Å². The summed E-state index contributed by atoms with van der Waals surface area (Å²) < 4.78 is 11.2. The molecule has 0 spiro atoms. The molecule has 0 bridgehead atoms. The third-order valence-electron chi connectivity index (χ3n) is 4.06. The summed E-state index contributed by atoms with van der Waals surface area (Å²) in [6, 6.07) is 1.79. The number of oxazole rings is 1. The number of hydrogen-bond donors (Lipinski definition) is 0. The van der Waals surface area contributed by atoms with E-state index in [1.807, 2.05) is 13.1 Å². The maximum absolute atomic E-state index is 5.79. The Morgan fingerprint density at radius 1 is 1.21 bits per heavy atom. The quantitative estimate of drug-likeness (QED) is 0.804. The van der Waals surface area contributed by atoms with Gasteiger partial charge in [-0.25, -0.2) is 9.97 Å². The maximum atomic E-state index is 5.79. The third-order valence-corrected chi connectivity index (χ3v) is 4.06. The average Bonchev–Trinajstić information content (AvgIpc) is 3.05. The van der Waals surface area contributed by atoms with Gasteiger partial charge in [-0.1, -0.05) is 13.8 Å². The van der Waals surface area contributed by atoms with Crippen LogP contribution in [0.2, 0.25) is 0 Å². The fourth-order valence-electron chi connectivity index (χ4n) is 2.67. The summed E-state index contributed by atoms with van der Waals surface area (Å²) in [5.74, 6) is 3.48. The second-order valence-corrected chi connectivity index (χ2v) is 6.20. The Morgan fingerprint density at radius 3 is 2.67 bits per heavy atom. The molecule has 24 heavy (non-hydrogen) atoms. The predicted octanol–water partition coefficient (Wildman–Crippen LogP) is 2.31. The molecule has 1 aliphatic rings. The molecule has 0 radical (unpaired) electrons. The van der Waals surface area contributed by atoms with Crippen molar-refractivity contribution in [2.75, 3.05) is 37.7 Å². The van der Waals surface area contributed by atoms with Crippen LogP contribution >= 0.6 is 0 Å². The summed E-state index contributed by atoms with van der Waals surface area (Å²) in [5, 5.41) is 0. The number of nitrogens with zero attached hydrogens (tertiary/aromatic N) is 5. The molecule has 0 atom stereocenters. The van der Waals surface area contributed by atoms with Crippen molar-refractivity contribution in [3.8, 4) is 5.88 Å². The van der Waals surface area contributed by atoms with Crippen molar-refractivity contribution in [1.29, 1.82) is 0 Å². The summed E-state index contributed by atoms with van der Waals surface area (Å²) in [6.07, 6.45) is 3.59. The molecule has 2 aromatic rings. The van der Waals surface area contributed by atoms with Gasteiger partial charge >= 0.3 is 0 Å². The van der Waals surface area contributed by atoms with E-state index in [0.29, 0.717) is 18.4 Å². The highest BCUT2D eigenvalue weighted by Crippen LogP contribution is 2.18. The van der Waals surface area contributed by atoms with Crippen LogP contribution in [0.3, 0.4) is 0 Å². The number of rotatable bonds is 6. The van der Waals surface area contributed by atoms with Gasteiger partial charge in [0.25, 0.3) is 0 Å². The molecule has 1 fully saturated rings. The molecule has 7 heteroatoms. The molecule has 0 N–H and O–H groups in total. The zero-order valence-corrected chi connectivity index (χ0v) is 14.6. The van der Waals surface area contributed by atoms with E-state index in [1.165, 1.54) is 0 Å². The topological polar surface area (TPSA) is 67.5 Å². The van der Waals surface area contributed by atoms with Crippen LogP contribution in [0.4, 0.5) is 5.95 Å². The van der Waals surface area contributed by atoms with E-state index < -0.39 is 0 Å². The Bertz CT molecular complexity index is 650. The molecule has 0 saturated carbocycles. The molecular formula is C17H25N5O2. The van der Waals surface area contributed by atoms with Crippen molar-refractivity contribution in [3.05, 3.63) is 30.1 Å². The first-order chi connectivity index (χ1) is 11.7. The molecule has 0 amide bonds. The lowest BCUT2D eigenvalue weighted by molar-refractivity contribution is 0.222. The highest BCUT2D eigenvalue weighted by Gasteiger charge is 2.21. The minimum atomic E-state index is 0.373. The van der Waals surface area contributed by atoms with Gasteiger partial charge in [0.2, 0.25) is 17.7 Å². The fourth-order valence-corrected chi connectivity index (χ4v) is 2.67.